The highest BCUT2D eigenvalue weighted by Crippen LogP contribution is 1.25. The molecular weight excluding hydrogens is 135 g/mol. The van der Waals surface area contributed by atoms with Gasteiger partial charge >= 0.3 is 6.03 Å². The van der Waals surface area contributed by atoms with Crippen molar-refractivity contribution in [2.45, 2.75) is 0 Å². The number of carbonyl (C=O) groups is 1. The molecule has 0 rings (SSSR count). The molecule has 7 heteroatoms. The Bertz CT molecular complexity index is 37.0. The highest BCUT2D eigenvalue weighted by molar-refractivity contribution is 5.85. The van der Waals surface area contributed by atoms with E-state index in [1.807, 2.05) is 0 Å². The zero-order valence-corrected chi connectivity index (χ0v) is 5.20. The number of urea groups is 1. The summed E-state index contributed by atoms with van der Waals surface area (Å²) in [5, 5.41) is 0. The lowest BCUT2D eigenvalue weighted by molar-refractivity contribution is 0.256. The van der Waals surface area contributed by atoms with Crippen molar-refractivity contribution in [3.63, 3.8) is 0 Å². The fraction of sp³-hybridized carbons (Fsp3) is 0. The quantitative estimate of drug-likeness (QED) is 0.344. The maximum Gasteiger partial charge on any atom is 0.309 e. The molecule has 8 heavy (non-hydrogen) atoms. The number of hydrogen-bond acceptors (Lipinski definition) is 3. The van der Waals surface area contributed by atoms with Gasteiger partial charge in [0.25, 0.3) is 0 Å². The van der Waals surface area contributed by atoms with E-state index in [1.165, 1.54) is 0 Å². The molecule has 0 aromatic heterocycles. The molecule has 0 aliphatic carbocycles. The number of amides is 2. The molecule has 12 N–H and O–H groups in total. The molecule has 0 unspecified atom stereocenters. The van der Waals surface area contributed by atoms with Gasteiger partial charge in [-0.1, -0.05) is 0 Å². The minimum absolute atomic E-state index is 0. The molecule has 0 aromatic rings. The van der Waals surface area contributed by atoms with Gasteiger partial charge in [-0.05, 0) is 0 Å². The average Bonchev–Trinajstić information content (AvgIpc) is 0.811. The minimum Gasteiger partial charge on any atom is -0.412 e. The predicted molar refractivity (Wildman–Crippen MR) is 34.7 cm³/mol. The Balaban J connectivity index is -0.00000000750. The maximum absolute atomic E-state index is 9.00. The van der Waals surface area contributed by atoms with Crippen molar-refractivity contribution in [2.24, 2.45) is 11.5 Å². The van der Waals surface area contributed by atoms with Crippen LogP contribution in [-0.4, -0.2) is 11.5 Å². The molecule has 0 aromatic carbocycles. The molecule has 6 nitrogen and oxygen atoms in total. The van der Waals surface area contributed by atoms with E-state index in [4.69, 9.17) is 4.79 Å². The third-order valence-corrected chi connectivity index (χ3v) is 0. The van der Waals surface area contributed by atoms with E-state index in [9.17, 15) is 0 Å². The fourth-order valence-corrected chi connectivity index (χ4v) is 0. The largest absolute Gasteiger partial charge is 0.412 e. The molecule has 0 radical (unpaired) electrons. The van der Waals surface area contributed by atoms with Crippen LogP contribution in [0.3, 0.4) is 0 Å². The lowest BCUT2D eigenvalue weighted by Crippen LogP contribution is -2.18. The first kappa shape index (κ1) is 51.8. The van der Waals surface area contributed by atoms with E-state index < -0.39 is 6.03 Å². The van der Waals surface area contributed by atoms with Crippen molar-refractivity contribution in [1.29, 1.82) is 0 Å². The van der Waals surface area contributed by atoms with E-state index >= 15 is 0 Å². The number of hydrogen-bond donors (Lipinski definition) is 4. The molecule has 0 fully saturated rings. The molecular formula is CH13ClN4O2. The first-order valence-corrected chi connectivity index (χ1v) is 0.781. The smallest absolute Gasteiger partial charge is 0.309 e. The minimum atomic E-state index is -0.833. The van der Waals surface area contributed by atoms with Crippen LogP contribution in [0.5, 0.6) is 0 Å². The molecule has 0 aliphatic rings. The van der Waals surface area contributed by atoms with Gasteiger partial charge in [0.05, 0.1) is 0 Å². The Morgan fingerprint density at radius 2 is 1.12 bits per heavy atom. The van der Waals surface area contributed by atoms with Gasteiger partial charge in [0, 0.05) is 0 Å². The van der Waals surface area contributed by atoms with Gasteiger partial charge in [-0.15, -0.1) is 12.4 Å². The SMILES string of the molecule is Cl.N.N.NC(N)=O.O. The molecule has 0 bridgehead atoms. The summed E-state index contributed by atoms with van der Waals surface area (Å²) in [6, 6.07) is -0.833. The van der Waals surface area contributed by atoms with Crippen molar-refractivity contribution in [3.8, 4) is 0 Å². The van der Waals surface area contributed by atoms with Gasteiger partial charge in [-0.2, -0.15) is 0 Å². The Kier molecular flexibility index (Phi) is 207. The summed E-state index contributed by atoms with van der Waals surface area (Å²) in [6.07, 6.45) is 0. The third kappa shape index (κ3) is 342. The fourth-order valence-electron chi connectivity index (χ4n) is 0. The van der Waals surface area contributed by atoms with Crippen LogP contribution in [0.15, 0.2) is 0 Å². The second-order valence-electron chi connectivity index (χ2n) is 0.402. The molecule has 0 saturated heterocycles. The summed E-state index contributed by atoms with van der Waals surface area (Å²) >= 11 is 0. The van der Waals surface area contributed by atoms with Gasteiger partial charge in [-0.25, -0.2) is 4.79 Å². The first-order valence-electron chi connectivity index (χ1n) is 0.781. The van der Waals surface area contributed by atoms with E-state index in [0.717, 1.165) is 0 Å². The zero-order valence-electron chi connectivity index (χ0n) is 4.39. The van der Waals surface area contributed by atoms with Crippen molar-refractivity contribution < 1.29 is 10.3 Å². The molecule has 0 atom stereocenters. The van der Waals surface area contributed by atoms with Gasteiger partial charge in [0.15, 0.2) is 0 Å². The van der Waals surface area contributed by atoms with Crippen molar-refractivity contribution in [1.82, 2.24) is 12.3 Å². The molecule has 0 saturated carbocycles. The van der Waals surface area contributed by atoms with Crippen LogP contribution in [0.25, 0.3) is 0 Å². The van der Waals surface area contributed by atoms with E-state index in [1.54, 1.807) is 0 Å². The van der Waals surface area contributed by atoms with Crippen molar-refractivity contribution >= 4 is 18.4 Å². The number of rotatable bonds is 0. The van der Waals surface area contributed by atoms with Crippen LogP contribution in [0.1, 0.15) is 0 Å². The monoisotopic (exact) mass is 148 g/mol. The van der Waals surface area contributed by atoms with Crippen molar-refractivity contribution in [3.05, 3.63) is 0 Å². The molecule has 0 spiro atoms. The molecule has 0 aliphatic heterocycles. The summed E-state index contributed by atoms with van der Waals surface area (Å²) in [7, 11) is 0. The van der Waals surface area contributed by atoms with Gasteiger partial charge in [-0.3, -0.25) is 0 Å². The molecule has 0 heterocycles. The van der Waals surface area contributed by atoms with Crippen LogP contribution >= 0.6 is 12.4 Å². The standard InChI is InChI=1S/CH4N2O.ClH.2H3N.H2O/c2-1(3)4;;;;/h(H4,2,3,4);1H;2*1H3;1H2. The number of halogens is 1. The highest BCUT2D eigenvalue weighted by atomic mass is 35.5. The first-order chi connectivity index (χ1) is 1.73. The Morgan fingerprint density at radius 3 is 1.12 bits per heavy atom. The number of primary amides is 2. The maximum atomic E-state index is 9.00. The zero-order chi connectivity index (χ0) is 3.58. The topological polar surface area (TPSA) is 171 Å². The lowest BCUT2D eigenvalue weighted by atomic mass is 11.2. The van der Waals surface area contributed by atoms with Crippen LogP contribution in [0, 0.1) is 0 Å². The second kappa shape index (κ2) is 32.0. The normalized spacial score (nSPS) is 3.00. The lowest BCUT2D eigenvalue weighted by Gasteiger charge is -1.62. The van der Waals surface area contributed by atoms with Crippen LogP contribution < -0.4 is 23.8 Å². The number of nitrogens with two attached hydrogens (primary N) is 2. The highest BCUT2D eigenvalue weighted by Gasteiger charge is 1.60. The number of carbonyl (C=O) groups excluding carboxylic acids is 1. The third-order valence-electron chi connectivity index (χ3n) is 0. The Morgan fingerprint density at radius 1 is 1.12 bits per heavy atom. The second-order valence-corrected chi connectivity index (χ2v) is 0.402. The van der Waals surface area contributed by atoms with E-state index in [0.29, 0.717) is 0 Å². The Hall–Kier alpha value is -0.560. The molecule has 2 amide bonds. The van der Waals surface area contributed by atoms with Gasteiger partial charge < -0.3 is 29.2 Å². The predicted octanol–water partition coefficient (Wildman–Crippen LogP) is -1.06. The summed E-state index contributed by atoms with van der Waals surface area (Å²) in [4.78, 5) is 9.00. The summed E-state index contributed by atoms with van der Waals surface area (Å²) in [5.41, 5.74) is 8.50. The summed E-state index contributed by atoms with van der Waals surface area (Å²) < 4.78 is 0. The van der Waals surface area contributed by atoms with Crippen molar-refractivity contribution in [2.75, 3.05) is 0 Å². The molecule has 56 valence electrons. The Labute approximate surface area is 53.5 Å². The average molecular weight is 149 g/mol. The summed E-state index contributed by atoms with van der Waals surface area (Å²) in [6.45, 7) is 0. The van der Waals surface area contributed by atoms with Gasteiger partial charge in [0.1, 0.15) is 0 Å². The van der Waals surface area contributed by atoms with E-state index in [2.05, 4.69) is 11.5 Å². The van der Waals surface area contributed by atoms with E-state index in [-0.39, 0.29) is 30.2 Å². The summed E-state index contributed by atoms with van der Waals surface area (Å²) in [5.74, 6) is 0. The van der Waals surface area contributed by atoms with Gasteiger partial charge in [0.2, 0.25) is 0 Å². The van der Waals surface area contributed by atoms with Crippen LogP contribution in [-0.2, 0) is 0 Å². The van der Waals surface area contributed by atoms with Crippen LogP contribution in [0.4, 0.5) is 4.79 Å². The van der Waals surface area contributed by atoms with Crippen LogP contribution in [0.2, 0.25) is 0 Å².